The molecular formula is C22H43N3O2. The van der Waals surface area contributed by atoms with E-state index in [1.807, 2.05) is 4.90 Å². The van der Waals surface area contributed by atoms with Crippen LogP contribution < -0.4 is 5.32 Å². The molecule has 5 heteroatoms. The van der Waals surface area contributed by atoms with E-state index in [1.165, 1.54) is 6.42 Å². The Labute approximate surface area is 167 Å². The molecule has 1 N–H and O–H groups in total. The Morgan fingerprint density at radius 2 is 1.59 bits per heavy atom. The van der Waals surface area contributed by atoms with Gasteiger partial charge in [-0.1, -0.05) is 27.7 Å². The van der Waals surface area contributed by atoms with Crippen molar-refractivity contribution in [2.24, 2.45) is 11.8 Å². The van der Waals surface area contributed by atoms with Gasteiger partial charge in [-0.15, -0.1) is 0 Å². The van der Waals surface area contributed by atoms with Crippen LogP contribution in [-0.2, 0) is 9.59 Å². The quantitative estimate of drug-likeness (QED) is 0.594. The molecule has 5 nitrogen and oxygen atoms in total. The van der Waals surface area contributed by atoms with Crippen molar-refractivity contribution in [3.05, 3.63) is 0 Å². The van der Waals surface area contributed by atoms with Crippen LogP contribution in [0.3, 0.4) is 0 Å². The third-order valence-corrected chi connectivity index (χ3v) is 5.58. The lowest BCUT2D eigenvalue weighted by atomic mass is 9.88. The van der Waals surface area contributed by atoms with Crippen LogP contribution in [0.4, 0.5) is 0 Å². The topological polar surface area (TPSA) is 52.7 Å². The average molecular weight is 382 g/mol. The van der Waals surface area contributed by atoms with Gasteiger partial charge in [0.2, 0.25) is 11.8 Å². The van der Waals surface area contributed by atoms with Crippen molar-refractivity contribution in [1.82, 2.24) is 15.1 Å². The van der Waals surface area contributed by atoms with Crippen LogP contribution in [0.1, 0.15) is 80.1 Å². The third kappa shape index (κ3) is 8.63. The lowest BCUT2D eigenvalue weighted by Crippen LogP contribution is -2.56. The molecular weight excluding hydrogens is 338 g/mol. The lowest BCUT2D eigenvalue weighted by Gasteiger charge is -2.45. The molecule has 158 valence electrons. The number of nitrogens with zero attached hydrogens (tertiary/aromatic N) is 2. The molecule has 0 aromatic heterocycles. The summed E-state index contributed by atoms with van der Waals surface area (Å²) in [5.41, 5.74) is -0.0343. The van der Waals surface area contributed by atoms with Crippen molar-refractivity contribution in [1.29, 1.82) is 0 Å². The molecule has 1 heterocycles. The van der Waals surface area contributed by atoms with Crippen molar-refractivity contribution in [3.63, 3.8) is 0 Å². The van der Waals surface area contributed by atoms with Crippen molar-refractivity contribution < 1.29 is 9.59 Å². The first kappa shape index (κ1) is 23.9. The minimum atomic E-state index is -0.0343. The van der Waals surface area contributed by atoms with Gasteiger partial charge in [-0.3, -0.25) is 14.5 Å². The van der Waals surface area contributed by atoms with E-state index in [0.29, 0.717) is 37.6 Å². The number of piperidine rings is 1. The number of carbonyl (C=O) groups is 2. The first-order valence-corrected chi connectivity index (χ1v) is 11.0. The predicted molar refractivity (Wildman–Crippen MR) is 113 cm³/mol. The zero-order valence-corrected chi connectivity index (χ0v) is 18.6. The summed E-state index contributed by atoms with van der Waals surface area (Å²) in [7, 11) is 0. The highest BCUT2D eigenvalue weighted by molar-refractivity contribution is 5.79. The van der Waals surface area contributed by atoms with E-state index < -0.39 is 0 Å². The Balaban J connectivity index is 2.34. The molecule has 0 bridgehead atoms. The van der Waals surface area contributed by atoms with E-state index in [0.717, 1.165) is 39.0 Å². The number of likely N-dealkylation sites (tertiary alicyclic amines) is 1. The van der Waals surface area contributed by atoms with Crippen LogP contribution in [0.25, 0.3) is 0 Å². The number of carbonyl (C=O) groups excluding carboxylic acids is 2. The smallest absolute Gasteiger partial charge is 0.222 e. The second-order valence-electron chi connectivity index (χ2n) is 9.17. The molecule has 1 fully saturated rings. The van der Waals surface area contributed by atoms with Gasteiger partial charge in [0.05, 0.1) is 0 Å². The van der Waals surface area contributed by atoms with Gasteiger partial charge in [-0.2, -0.15) is 0 Å². The molecule has 1 rings (SSSR count). The van der Waals surface area contributed by atoms with Gasteiger partial charge >= 0.3 is 0 Å². The van der Waals surface area contributed by atoms with Gasteiger partial charge in [-0.25, -0.2) is 0 Å². The first-order chi connectivity index (χ1) is 12.7. The molecule has 0 aromatic rings. The summed E-state index contributed by atoms with van der Waals surface area (Å²) in [4.78, 5) is 29.0. The van der Waals surface area contributed by atoms with Gasteiger partial charge in [0, 0.05) is 51.1 Å². The van der Waals surface area contributed by atoms with Crippen LogP contribution in [-0.4, -0.2) is 59.9 Å². The average Bonchev–Trinajstić information content (AvgIpc) is 2.59. The normalized spacial score (nSPS) is 21.1. The van der Waals surface area contributed by atoms with E-state index in [9.17, 15) is 9.59 Å². The first-order valence-electron chi connectivity index (χ1n) is 11.0. The maximum absolute atomic E-state index is 12.3. The van der Waals surface area contributed by atoms with Crippen LogP contribution in [0.5, 0.6) is 0 Å². The second kappa shape index (κ2) is 11.7. The van der Waals surface area contributed by atoms with Crippen LogP contribution in [0.2, 0.25) is 0 Å². The number of hydrogen-bond acceptors (Lipinski definition) is 3. The fourth-order valence-electron chi connectivity index (χ4n) is 4.13. The number of amides is 2. The van der Waals surface area contributed by atoms with Gasteiger partial charge in [-0.05, 0) is 51.4 Å². The Hall–Kier alpha value is -1.10. The third-order valence-electron chi connectivity index (χ3n) is 5.58. The monoisotopic (exact) mass is 381 g/mol. The van der Waals surface area contributed by atoms with E-state index in [1.54, 1.807) is 0 Å². The van der Waals surface area contributed by atoms with Crippen LogP contribution >= 0.6 is 0 Å². The Morgan fingerprint density at radius 3 is 2.11 bits per heavy atom. The molecule has 1 aliphatic rings. The van der Waals surface area contributed by atoms with Crippen molar-refractivity contribution in [3.8, 4) is 0 Å². The molecule has 0 saturated carbocycles. The Bertz CT molecular complexity index is 448. The highest BCUT2D eigenvalue weighted by atomic mass is 16.2. The number of rotatable bonds is 11. The summed E-state index contributed by atoms with van der Waals surface area (Å²) >= 11 is 0. The van der Waals surface area contributed by atoms with E-state index in [-0.39, 0.29) is 17.4 Å². The maximum Gasteiger partial charge on any atom is 0.222 e. The maximum atomic E-state index is 12.3. The zero-order valence-electron chi connectivity index (χ0n) is 18.6. The molecule has 0 aliphatic carbocycles. The molecule has 2 unspecified atom stereocenters. The van der Waals surface area contributed by atoms with Crippen LogP contribution in [0.15, 0.2) is 0 Å². The van der Waals surface area contributed by atoms with Gasteiger partial charge in [0.25, 0.3) is 0 Å². The fraction of sp³-hybridized carbons (Fsp3) is 0.909. The molecule has 27 heavy (non-hydrogen) atoms. The highest BCUT2D eigenvalue weighted by Crippen LogP contribution is 2.26. The van der Waals surface area contributed by atoms with E-state index in [2.05, 4.69) is 51.8 Å². The van der Waals surface area contributed by atoms with Crippen molar-refractivity contribution in [2.45, 2.75) is 85.6 Å². The minimum Gasteiger partial charge on any atom is -0.354 e. The Kier molecular flexibility index (Phi) is 10.4. The predicted octanol–water partition coefficient (Wildman–Crippen LogP) is 3.68. The second-order valence-corrected chi connectivity index (χ2v) is 9.17. The van der Waals surface area contributed by atoms with Crippen LogP contribution in [0, 0.1) is 11.8 Å². The van der Waals surface area contributed by atoms with Gasteiger partial charge in [0.1, 0.15) is 0 Å². The van der Waals surface area contributed by atoms with Crippen molar-refractivity contribution >= 4 is 11.8 Å². The standard InChI is InChI=1S/C22H43N3O2/c1-7-12-24(13-8-2)21(27)11-9-10-20(26)23-17-22(5,6)25-15-18(3)14-19(4)16-25/h18-19H,7-17H2,1-6H3,(H,23,26). The molecule has 0 radical (unpaired) electrons. The number of hydrogen-bond donors (Lipinski definition) is 1. The summed E-state index contributed by atoms with van der Waals surface area (Å²) in [6, 6.07) is 0. The number of nitrogens with one attached hydrogen (secondary N) is 1. The minimum absolute atomic E-state index is 0.0343. The fourth-order valence-corrected chi connectivity index (χ4v) is 4.13. The summed E-state index contributed by atoms with van der Waals surface area (Å²) < 4.78 is 0. The lowest BCUT2D eigenvalue weighted by molar-refractivity contribution is -0.131. The summed E-state index contributed by atoms with van der Waals surface area (Å²) in [6.07, 6.45) is 4.79. The molecule has 2 atom stereocenters. The van der Waals surface area contributed by atoms with Gasteiger partial charge < -0.3 is 10.2 Å². The zero-order chi connectivity index (χ0) is 20.4. The van der Waals surface area contributed by atoms with E-state index in [4.69, 9.17) is 0 Å². The SMILES string of the molecule is CCCN(CCC)C(=O)CCCC(=O)NCC(C)(C)N1CC(C)CC(C)C1. The largest absolute Gasteiger partial charge is 0.354 e. The summed E-state index contributed by atoms with van der Waals surface area (Å²) in [5.74, 6) is 1.67. The highest BCUT2D eigenvalue weighted by Gasteiger charge is 2.32. The van der Waals surface area contributed by atoms with Gasteiger partial charge in [0.15, 0.2) is 0 Å². The summed E-state index contributed by atoms with van der Waals surface area (Å²) in [6.45, 7) is 17.8. The molecule has 1 aliphatic heterocycles. The molecule has 2 amide bonds. The Morgan fingerprint density at radius 1 is 1.04 bits per heavy atom. The summed E-state index contributed by atoms with van der Waals surface area (Å²) in [5, 5.41) is 3.10. The molecule has 1 saturated heterocycles. The molecule has 0 aromatic carbocycles. The van der Waals surface area contributed by atoms with E-state index >= 15 is 0 Å². The van der Waals surface area contributed by atoms with Crippen molar-refractivity contribution in [2.75, 3.05) is 32.7 Å². The molecule has 0 spiro atoms.